The topological polar surface area (TPSA) is 67.2 Å². The Morgan fingerprint density at radius 1 is 1.42 bits per heavy atom. The van der Waals surface area contributed by atoms with E-state index < -0.39 is 0 Å². The summed E-state index contributed by atoms with van der Waals surface area (Å²) in [4.78, 5) is 11.5. The SMILES string of the molecule is Cc1cc(NC(=O)N/C=C/c2ccccc2Br)no1. The zero-order valence-electron chi connectivity index (χ0n) is 10.2. The molecule has 0 radical (unpaired) electrons. The van der Waals surface area contributed by atoms with Crippen LogP contribution in [0.15, 0.2) is 45.5 Å². The van der Waals surface area contributed by atoms with Gasteiger partial charge in [0.2, 0.25) is 0 Å². The number of halogens is 1. The second-order valence-corrected chi connectivity index (χ2v) is 4.63. The second-order valence-electron chi connectivity index (χ2n) is 3.78. The van der Waals surface area contributed by atoms with E-state index in [0.29, 0.717) is 11.6 Å². The van der Waals surface area contributed by atoms with Crippen molar-refractivity contribution in [3.05, 3.63) is 52.3 Å². The van der Waals surface area contributed by atoms with Gasteiger partial charge < -0.3 is 9.84 Å². The van der Waals surface area contributed by atoms with E-state index in [9.17, 15) is 4.79 Å². The van der Waals surface area contributed by atoms with Crippen LogP contribution in [-0.2, 0) is 0 Å². The molecule has 0 saturated carbocycles. The summed E-state index contributed by atoms with van der Waals surface area (Å²) in [5, 5.41) is 8.79. The molecule has 1 aromatic heterocycles. The molecule has 0 aliphatic rings. The van der Waals surface area contributed by atoms with E-state index in [1.165, 1.54) is 0 Å². The molecule has 0 saturated heterocycles. The number of carbonyl (C=O) groups is 1. The van der Waals surface area contributed by atoms with Gasteiger partial charge in [0.05, 0.1) is 0 Å². The number of aryl methyl sites for hydroxylation is 1. The van der Waals surface area contributed by atoms with Crippen molar-refractivity contribution in [3.8, 4) is 0 Å². The number of nitrogens with one attached hydrogen (secondary N) is 2. The predicted octanol–water partition coefficient (Wildman–Crippen LogP) is 3.54. The molecule has 0 aliphatic carbocycles. The summed E-state index contributed by atoms with van der Waals surface area (Å²) in [6.07, 6.45) is 3.35. The summed E-state index contributed by atoms with van der Waals surface area (Å²) in [5.41, 5.74) is 0.972. The number of urea groups is 1. The molecule has 0 bridgehead atoms. The summed E-state index contributed by atoms with van der Waals surface area (Å²) < 4.78 is 5.80. The molecule has 2 aromatic rings. The smallest absolute Gasteiger partial charge is 0.324 e. The van der Waals surface area contributed by atoms with Crippen molar-refractivity contribution in [2.75, 3.05) is 5.32 Å². The van der Waals surface area contributed by atoms with Crippen LogP contribution in [0, 0.1) is 6.92 Å². The van der Waals surface area contributed by atoms with Gasteiger partial charge in [0.1, 0.15) is 5.76 Å². The molecular weight excluding hydrogens is 310 g/mol. The highest BCUT2D eigenvalue weighted by atomic mass is 79.9. The van der Waals surface area contributed by atoms with E-state index in [2.05, 4.69) is 31.7 Å². The van der Waals surface area contributed by atoms with E-state index in [1.807, 2.05) is 24.3 Å². The zero-order chi connectivity index (χ0) is 13.7. The first-order valence-corrected chi connectivity index (χ1v) is 6.36. The summed E-state index contributed by atoms with van der Waals surface area (Å²) in [6.45, 7) is 1.75. The van der Waals surface area contributed by atoms with E-state index >= 15 is 0 Å². The van der Waals surface area contributed by atoms with E-state index in [4.69, 9.17) is 4.52 Å². The van der Waals surface area contributed by atoms with Gasteiger partial charge in [0.15, 0.2) is 5.82 Å². The largest absolute Gasteiger partial charge is 0.360 e. The monoisotopic (exact) mass is 321 g/mol. The van der Waals surface area contributed by atoms with Gasteiger partial charge >= 0.3 is 6.03 Å². The Hall–Kier alpha value is -2.08. The molecular formula is C13H12BrN3O2. The molecule has 0 atom stereocenters. The van der Waals surface area contributed by atoms with E-state index in [0.717, 1.165) is 10.0 Å². The molecule has 1 heterocycles. The Balaban J connectivity index is 1.88. The lowest BCUT2D eigenvalue weighted by Gasteiger charge is -2.00. The molecule has 0 spiro atoms. The molecule has 2 amide bonds. The number of carbonyl (C=O) groups excluding carboxylic acids is 1. The van der Waals surface area contributed by atoms with Crippen LogP contribution in [0.25, 0.3) is 6.08 Å². The molecule has 2 N–H and O–H groups in total. The van der Waals surface area contributed by atoms with Gasteiger partial charge in [-0.05, 0) is 24.6 Å². The normalized spacial score (nSPS) is 10.6. The molecule has 0 fully saturated rings. The van der Waals surface area contributed by atoms with Crippen molar-refractivity contribution >= 4 is 33.9 Å². The fraction of sp³-hybridized carbons (Fsp3) is 0.0769. The minimum atomic E-state index is -0.378. The average Bonchev–Trinajstić information content (AvgIpc) is 2.77. The van der Waals surface area contributed by atoms with Crippen LogP contribution in [0.3, 0.4) is 0 Å². The Morgan fingerprint density at radius 3 is 2.89 bits per heavy atom. The van der Waals surface area contributed by atoms with Crippen molar-refractivity contribution in [3.63, 3.8) is 0 Å². The number of amides is 2. The summed E-state index contributed by atoms with van der Waals surface area (Å²) in [7, 11) is 0. The molecule has 98 valence electrons. The number of hydrogen-bond donors (Lipinski definition) is 2. The van der Waals surface area contributed by atoms with Gasteiger partial charge in [0.25, 0.3) is 0 Å². The Labute approximate surface area is 118 Å². The summed E-state index contributed by atoms with van der Waals surface area (Å²) in [5.74, 6) is 1.02. The highest BCUT2D eigenvalue weighted by Gasteiger charge is 2.03. The third-order valence-corrected chi connectivity index (χ3v) is 2.97. The third-order valence-electron chi connectivity index (χ3n) is 2.25. The number of anilines is 1. The summed E-state index contributed by atoms with van der Waals surface area (Å²) >= 11 is 3.42. The highest BCUT2D eigenvalue weighted by Crippen LogP contribution is 2.16. The first kappa shape index (κ1) is 13.4. The number of benzene rings is 1. The molecule has 0 unspecified atom stereocenters. The van der Waals surface area contributed by atoms with Crippen molar-refractivity contribution in [1.29, 1.82) is 0 Å². The maximum atomic E-state index is 11.5. The van der Waals surface area contributed by atoms with Crippen LogP contribution < -0.4 is 10.6 Å². The number of hydrogen-bond acceptors (Lipinski definition) is 3. The van der Waals surface area contributed by atoms with Gasteiger partial charge in [-0.25, -0.2) is 4.79 Å². The number of aromatic nitrogens is 1. The highest BCUT2D eigenvalue weighted by molar-refractivity contribution is 9.10. The quantitative estimate of drug-likeness (QED) is 0.908. The van der Waals surface area contributed by atoms with Crippen LogP contribution in [-0.4, -0.2) is 11.2 Å². The zero-order valence-corrected chi connectivity index (χ0v) is 11.8. The maximum absolute atomic E-state index is 11.5. The Morgan fingerprint density at radius 2 is 2.21 bits per heavy atom. The molecule has 6 heteroatoms. The third kappa shape index (κ3) is 3.96. The minimum Gasteiger partial charge on any atom is -0.360 e. The Kier molecular flexibility index (Phi) is 4.35. The van der Waals surface area contributed by atoms with Gasteiger partial charge in [0, 0.05) is 16.7 Å². The maximum Gasteiger partial charge on any atom is 0.324 e. The lowest BCUT2D eigenvalue weighted by molar-refractivity contribution is 0.255. The van der Waals surface area contributed by atoms with Gasteiger partial charge in [-0.3, -0.25) is 5.32 Å². The van der Waals surface area contributed by atoms with Crippen molar-refractivity contribution in [2.24, 2.45) is 0 Å². The van der Waals surface area contributed by atoms with Gasteiger partial charge in [-0.1, -0.05) is 39.3 Å². The van der Waals surface area contributed by atoms with E-state index in [1.54, 1.807) is 25.3 Å². The van der Waals surface area contributed by atoms with Crippen LogP contribution in [0.4, 0.5) is 10.6 Å². The lowest BCUT2D eigenvalue weighted by atomic mass is 10.2. The predicted molar refractivity (Wildman–Crippen MR) is 76.6 cm³/mol. The fourth-order valence-corrected chi connectivity index (χ4v) is 1.81. The first-order chi connectivity index (χ1) is 9.15. The Bertz CT molecular complexity index is 607. The summed E-state index contributed by atoms with van der Waals surface area (Å²) in [6, 6.07) is 8.96. The number of rotatable bonds is 3. The van der Waals surface area contributed by atoms with Crippen LogP contribution in [0.1, 0.15) is 11.3 Å². The van der Waals surface area contributed by atoms with Crippen molar-refractivity contribution < 1.29 is 9.32 Å². The molecule has 0 aliphatic heterocycles. The fourth-order valence-electron chi connectivity index (χ4n) is 1.40. The lowest BCUT2D eigenvalue weighted by Crippen LogP contribution is -2.23. The molecule has 5 nitrogen and oxygen atoms in total. The van der Waals surface area contributed by atoms with Crippen LogP contribution in [0.5, 0.6) is 0 Å². The van der Waals surface area contributed by atoms with E-state index in [-0.39, 0.29) is 6.03 Å². The average molecular weight is 322 g/mol. The van der Waals surface area contributed by atoms with Crippen molar-refractivity contribution in [2.45, 2.75) is 6.92 Å². The number of nitrogens with zero attached hydrogens (tertiary/aromatic N) is 1. The second kappa shape index (κ2) is 6.19. The van der Waals surface area contributed by atoms with Gasteiger partial charge in [-0.2, -0.15) is 0 Å². The first-order valence-electron chi connectivity index (χ1n) is 5.57. The molecule has 1 aromatic carbocycles. The molecule has 19 heavy (non-hydrogen) atoms. The van der Waals surface area contributed by atoms with Crippen LogP contribution >= 0.6 is 15.9 Å². The van der Waals surface area contributed by atoms with Gasteiger partial charge in [-0.15, -0.1) is 0 Å². The van der Waals surface area contributed by atoms with Crippen molar-refractivity contribution in [1.82, 2.24) is 10.5 Å². The van der Waals surface area contributed by atoms with Crippen LogP contribution in [0.2, 0.25) is 0 Å². The minimum absolute atomic E-state index is 0.378. The molecule has 2 rings (SSSR count). The standard InChI is InChI=1S/C13H12BrN3O2/c1-9-8-12(17-19-9)16-13(18)15-7-6-10-4-2-3-5-11(10)14/h2-8H,1H3,(H2,15,16,17,18)/b7-6+.